The lowest BCUT2D eigenvalue weighted by Crippen LogP contribution is -1.97. The Morgan fingerprint density at radius 3 is 1.87 bits per heavy atom. The van der Waals surface area contributed by atoms with Crippen molar-refractivity contribution in [1.82, 2.24) is 4.57 Å². The Morgan fingerprint density at radius 1 is 0.418 bits per heavy atom. The molecule has 0 saturated heterocycles. The number of fused-ring (bicyclic) bond motifs is 10. The number of rotatable bonds is 4. The maximum atomic E-state index is 10.5. The molecule has 8 aromatic carbocycles. The molecule has 55 heavy (non-hydrogen) atoms. The quantitative estimate of drug-likeness (QED) is 0.183. The van der Waals surface area contributed by atoms with Crippen molar-refractivity contribution >= 4 is 65.7 Å². The highest BCUT2D eigenvalue weighted by molar-refractivity contribution is 6.24. The fourth-order valence-corrected chi connectivity index (χ4v) is 8.28. The van der Waals surface area contributed by atoms with Gasteiger partial charge < -0.3 is 13.4 Å². The van der Waals surface area contributed by atoms with Crippen LogP contribution in [-0.4, -0.2) is 4.57 Å². The van der Waals surface area contributed by atoms with E-state index < -0.39 is 0 Å². The van der Waals surface area contributed by atoms with Crippen LogP contribution in [0.3, 0.4) is 0 Å². The zero-order valence-electron chi connectivity index (χ0n) is 29.2. The monoisotopic (exact) mass is 701 g/mol. The zero-order chi connectivity index (χ0) is 36.6. The summed E-state index contributed by atoms with van der Waals surface area (Å²) < 4.78 is 15.1. The minimum absolute atomic E-state index is 0.572. The van der Waals surface area contributed by atoms with Gasteiger partial charge in [-0.15, -0.1) is 0 Å². The standard InChI is InChI=1S/C50H27N3O2/c51-28-30-13-15-31(16-14-30)32-17-18-34(29-52)42(26-32)36-23-35(33-19-22-48-43(27-33)39-8-3-5-11-46(39)54-48)24-37(25-36)53-44-10-4-1-9-41(44)49-45(53)21-20-40-38-7-2-6-12-47(38)55-50(40)49/h1-27H. The first kappa shape index (κ1) is 30.7. The summed E-state index contributed by atoms with van der Waals surface area (Å²) in [6.45, 7) is 0. The first-order valence-electron chi connectivity index (χ1n) is 18.1. The Morgan fingerprint density at radius 2 is 1.07 bits per heavy atom. The van der Waals surface area contributed by atoms with E-state index in [9.17, 15) is 10.5 Å². The molecule has 11 rings (SSSR count). The van der Waals surface area contributed by atoms with Crippen LogP contribution >= 0.6 is 0 Å². The van der Waals surface area contributed by atoms with Gasteiger partial charge in [-0.25, -0.2) is 0 Å². The molecule has 0 atom stereocenters. The molecule has 3 heterocycles. The minimum Gasteiger partial charge on any atom is -0.456 e. The van der Waals surface area contributed by atoms with Gasteiger partial charge in [-0.1, -0.05) is 78.9 Å². The van der Waals surface area contributed by atoms with E-state index in [2.05, 4.69) is 102 Å². The van der Waals surface area contributed by atoms with Crippen LogP contribution in [0.4, 0.5) is 0 Å². The third-order valence-electron chi connectivity index (χ3n) is 10.9. The summed E-state index contributed by atoms with van der Waals surface area (Å²) in [5.74, 6) is 0. The average molecular weight is 702 g/mol. The Hall–Kier alpha value is -7.86. The molecule has 0 amide bonds. The van der Waals surface area contributed by atoms with Crippen LogP contribution in [0.5, 0.6) is 0 Å². The fourth-order valence-electron chi connectivity index (χ4n) is 8.28. The topological polar surface area (TPSA) is 78.8 Å². The van der Waals surface area contributed by atoms with Crippen LogP contribution in [0.2, 0.25) is 0 Å². The van der Waals surface area contributed by atoms with Gasteiger partial charge in [0.15, 0.2) is 0 Å². The van der Waals surface area contributed by atoms with Crippen molar-refractivity contribution < 1.29 is 8.83 Å². The number of nitrogens with zero attached hydrogens (tertiary/aromatic N) is 3. The van der Waals surface area contributed by atoms with Crippen molar-refractivity contribution in [3.63, 3.8) is 0 Å². The summed E-state index contributed by atoms with van der Waals surface area (Å²) >= 11 is 0. The van der Waals surface area contributed by atoms with E-state index in [0.29, 0.717) is 11.1 Å². The Labute approximate surface area is 314 Å². The highest BCUT2D eigenvalue weighted by atomic mass is 16.3. The molecule has 0 aliphatic carbocycles. The fraction of sp³-hybridized carbons (Fsp3) is 0. The third kappa shape index (κ3) is 4.71. The van der Waals surface area contributed by atoms with E-state index in [0.717, 1.165) is 105 Å². The predicted octanol–water partition coefficient (Wildman–Crippen LogP) is 13.3. The van der Waals surface area contributed by atoms with Crippen LogP contribution in [0.25, 0.3) is 105 Å². The molecule has 0 aliphatic rings. The molecule has 0 N–H and O–H groups in total. The van der Waals surface area contributed by atoms with Gasteiger partial charge in [0, 0.05) is 38.2 Å². The molecule has 0 bridgehead atoms. The second-order valence-corrected chi connectivity index (χ2v) is 13.9. The van der Waals surface area contributed by atoms with Gasteiger partial charge in [-0.05, 0) is 113 Å². The second kappa shape index (κ2) is 11.8. The van der Waals surface area contributed by atoms with Crippen LogP contribution in [-0.2, 0) is 0 Å². The first-order chi connectivity index (χ1) is 27.1. The molecule has 0 radical (unpaired) electrons. The van der Waals surface area contributed by atoms with Crippen LogP contribution in [0.15, 0.2) is 173 Å². The Bertz CT molecular complexity index is 3460. The van der Waals surface area contributed by atoms with Crippen LogP contribution in [0.1, 0.15) is 11.1 Å². The molecule has 5 nitrogen and oxygen atoms in total. The average Bonchev–Trinajstić information content (AvgIpc) is 3.92. The molecule has 11 aromatic rings. The number of benzene rings is 8. The van der Waals surface area contributed by atoms with Gasteiger partial charge in [-0.2, -0.15) is 10.5 Å². The number of hydrogen-bond donors (Lipinski definition) is 0. The lowest BCUT2D eigenvalue weighted by molar-refractivity contribution is 0.669. The molecule has 0 aliphatic heterocycles. The molecule has 254 valence electrons. The van der Waals surface area contributed by atoms with E-state index in [1.165, 1.54) is 0 Å². The van der Waals surface area contributed by atoms with Crippen molar-refractivity contribution in [3.8, 4) is 51.2 Å². The van der Waals surface area contributed by atoms with Crippen molar-refractivity contribution in [2.24, 2.45) is 0 Å². The van der Waals surface area contributed by atoms with Gasteiger partial charge >= 0.3 is 0 Å². The molecule has 0 spiro atoms. The lowest BCUT2D eigenvalue weighted by atomic mass is 9.92. The van der Waals surface area contributed by atoms with Gasteiger partial charge in [0.1, 0.15) is 22.3 Å². The first-order valence-corrected chi connectivity index (χ1v) is 18.1. The largest absolute Gasteiger partial charge is 0.456 e. The zero-order valence-corrected chi connectivity index (χ0v) is 29.2. The SMILES string of the molecule is N#Cc1ccc(-c2ccc(C#N)c(-c3cc(-c4ccc5oc6ccccc6c5c4)cc(-n4c5ccccc5c5c6oc7ccccc7c6ccc54)c3)c2)cc1. The Balaban J connectivity index is 1.20. The minimum atomic E-state index is 0.572. The summed E-state index contributed by atoms with van der Waals surface area (Å²) in [4.78, 5) is 0. The molecule has 0 saturated carbocycles. The normalized spacial score (nSPS) is 11.6. The second-order valence-electron chi connectivity index (χ2n) is 13.9. The maximum absolute atomic E-state index is 10.5. The highest BCUT2D eigenvalue weighted by Gasteiger charge is 2.20. The van der Waals surface area contributed by atoms with E-state index >= 15 is 0 Å². The molecule has 5 heteroatoms. The summed E-state index contributed by atoms with van der Waals surface area (Å²) in [7, 11) is 0. The number of furan rings is 2. The van der Waals surface area contributed by atoms with Crippen LogP contribution < -0.4 is 0 Å². The summed E-state index contributed by atoms with van der Waals surface area (Å²) in [6, 6.07) is 60.2. The highest BCUT2D eigenvalue weighted by Crippen LogP contribution is 2.43. The smallest absolute Gasteiger partial charge is 0.145 e. The number of hydrogen-bond acceptors (Lipinski definition) is 4. The summed E-state index contributed by atoms with van der Waals surface area (Å²) in [5, 5.41) is 26.3. The van der Waals surface area contributed by atoms with Crippen molar-refractivity contribution in [1.29, 1.82) is 10.5 Å². The molecule has 3 aromatic heterocycles. The number of nitriles is 2. The van der Waals surface area contributed by atoms with E-state index in [1.807, 2.05) is 78.9 Å². The lowest BCUT2D eigenvalue weighted by Gasteiger charge is -2.15. The van der Waals surface area contributed by atoms with Crippen LogP contribution in [0, 0.1) is 22.7 Å². The predicted molar refractivity (Wildman–Crippen MR) is 221 cm³/mol. The van der Waals surface area contributed by atoms with Crippen molar-refractivity contribution in [2.75, 3.05) is 0 Å². The van der Waals surface area contributed by atoms with E-state index in [4.69, 9.17) is 8.83 Å². The maximum Gasteiger partial charge on any atom is 0.145 e. The van der Waals surface area contributed by atoms with Gasteiger partial charge in [0.25, 0.3) is 0 Å². The van der Waals surface area contributed by atoms with Crippen molar-refractivity contribution in [3.05, 3.63) is 175 Å². The van der Waals surface area contributed by atoms with Gasteiger partial charge in [0.2, 0.25) is 0 Å². The van der Waals surface area contributed by atoms with E-state index in [-0.39, 0.29) is 0 Å². The number of aromatic nitrogens is 1. The number of para-hydroxylation sites is 3. The molecular formula is C50H27N3O2. The Kier molecular flexibility index (Phi) is 6.61. The molecule has 0 fully saturated rings. The molecule has 0 unspecified atom stereocenters. The van der Waals surface area contributed by atoms with Gasteiger partial charge in [-0.3, -0.25) is 0 Å². The van der Waals surface area contributed by atoms with Crippen molar-refractivity contribution in [2.45, 2.75) is 0 Å². The molecular weight excluding hydrogens is 675 g/mol. The summed E-state index contributed by atoms with van der Waals surface area (Å²) in [5.41, 5.74) is 13.3. The summed E-state index contributed by atoms with van der Waals surface area (Å²) in [6.07, 6.45) is 0. The van der Waals surface area contributed by atoms with Gasteiger partial charge in [0.05, 0.1) is 39.7 Å². The van der Waals surface area contributed by atoms with E-state index in [1.54, 1.807) is 0 Å². The third-order valence-corrected chi connectivity index (χ3v) is 10.9.